The number of carbonyl (C=O) groups is 2. The minimum atomic E-state index is -0.656. The second-order valence-electron chi connectivity index (χ2n) is 5.24. The lowest BCUT2D eigenvalue weighted by atomic mass is 9.93. The van der Waals surface area contributed by atoms with Crippen molar-refractivity contribution in [3.63, 3.8) is 0 Å². The van der Waals surface area contributed by atoms with E-state index in [9.17, 15) is 14.7 Å². The van der Waals surface area contributed by atoms with Crippen LogP contribution in [0.4, 0.5) is 0 Å². The predicted octanol–water partition coefficient (Wildman–Crippen LogP) is 2.18. The highest BCUT2D eigenvalue weighted by Crippen LogP contribution is 2.33. The molecular formula is C18H19NO5. The number of nitrogens with zero attached hydrogens (tertiary/aromatic N) is 1. The van der Waals surface area contributed by atoms with E-state index < -0.39 is 11.9 Å². The first-order valence-corrected chi connectivity index (χ1v) is 7.20. The van der Waals surface area contributed by atoms with Gasteiger partial charge < -0.3 is 19.5 Å². The number of benzene rings is 1. The molecule has 1 atom stereocenters. The van der Waals surface area contributed by atoms with Crippen LogP contribution in [0.15, 0.2) is 48.2 Å². The molecule has 2 rings (SSSR count). The van der Waals surface area contributed by atoms with E-state index in [0.29, 0.717) is 5.56 Å². The molecule has 1 aromatic carbocycles. The summed E-state index contributed by atoms with van der Waals surface area (Å²) in [4.78, 5) is 26.0. The Hall–Kier alpha value is -3.02. The molecule has 1 N–H and O–H groups in total. The summed E-state index contributed by atoms with van der Waals surface area (Å²) in [6.45, 7) is 3.81. The molecule has 6 nitrogen and oxygen atoms in total. The maximum atomic E-state index is 12.2. The Kier molecular flexibility index (Phi) is 5.08. The van der Waals surface area contributed by atoms with E-state index in [1.165, 1.54) is 26.5 Å². The molecule has 24 heavy (non-hydrogen) atoms. The monoisotopic (exact) mass is 329 g/mol. The van der Waals surface area contributed by atoms with E-state index in [1.807, 2.05) is 0 Å². The number of hydrogen-bond donors (Lipinski definition) is 1. The number of ether oxygens (including phenoxy) is 2. The number of carbonyl (C=O) groups excluding carboxylic acids is 2. The number of esters is 2. The highest BCUT2D eigenvalue weighted by Gasteiger charge is 2.27. The average Bonchev–Trinajstić information content (AvgIpc) is 2.57. The van der Waals surface area contributed by atoms with Gasteiger partial charge in [0.1, 0.15) is 5.75 Å². The summed E-state index contributed by atoms with van der Waals surface area (Å²) in [5.41, 5.74) is 1.57. The van der Waals surface area contributed by atoms with Crippen molar-refractivity contribution in [3.8, 4) is 5.75 Å². The van der Waals surface area contributed by atoms with Crippen LogP contribution in [0.1, 0.15) is 17.2 Å². The van der Waals surface area contributed by atoms with Gasteiger partial charge in [-0.25, -0.2) is 9.59 Å². The van der Waals surface area contributed by atoms with Crippen molar-refractivity contribution in [2.24, 2.45) is 0 Å². The Bertz CT molecular complexity index is 748. The van der Waals surface area contributed by atoms with Crippen LogP contribution in [0.3, 0.4) is 0 Å². The van der Waals surface area contributed by atoms with Gasteiger partial charge >= 0.3 is 11.9 Å². The molecule has 0 radical (unpaired) electrons. The molecular weight excluding hydrogens is 310 g/mol. The molecule has 0 aliphatic carbocycles. The van der Waals surface area contributed by atoms with Crippen molar-refractivity contribution in [1.29, 1.82) is 0 Å². The van der Waals surface area contributed by atoms with E-state index in [4.69, 9.17) is 9.47 Å². The van der Waals surface area contributed by atoms with Gasteiger partial charge in [0, 0.05) is 13.2 Å². The first kappa shape index (κ1) is 17.3. The molecule has 1 unspecified atom stereocenters. The summed E-state index contributed by atoms with van der Waals surface area (Å²) < 4.78 is 9.58. The van der Waals surface area contributed by atoms with Crippen LogP contribution in [0.5, 0.6) is 5.75 Å². The molecule has 1 aromatic rings. The number of fused-ring (bicyclic) bond motifs is 1. The molecule has 6 heteroatoms. The number of rotatable bonds is 3. The Morgan fingerprint density at radius 1 is 1.21 bits per heavy atom. The minimum absolute atomic E-state index is 0.0747. The van der Waals surface area contributed by atoms with Crippen LogP contribution in [0.25, 0.3) is 6.08 Å². The van der Waals surface area contributed by atoms with E-state index >= 15 is 0 Å². The van der Waals surface area contributed by atoms with Crippen molar-refractivity contribution in [3.05, 3.63) is 59.3 Å². The van der Waals surface area contributed by atoms with Crippen molar-refractivity contribution >= 4 is 18.0 Å². The molecule has 0 bridgehead atoms. The fourth-order valence-electron chi connectivity index (χ4n) is 2.60. The molecule has 0 saturated heterocycles. The molecule has 0 spiro atoms. The van der Waals surface area contributed by atoms with Gasteiger partial charge in [-0.15, -0.1) is 6.58 Å². The number of likely N-dealkylation sites (N-methyl/N-ethyl adjacent to an activating group) is 1. The first-order chi connectivity index (χ1) is 11.4. The lowest BCUT2D eigenvalue weighted by molar-refractivity contribution is -0.139. The third-order valence-corrected chi connectivity index (χ3v) is 3.78. The number of phenols is 1. The van der Waals surface area contributed by atoms with Crippen molar-refractivity contribution in [2.75, 3.05) is 21.3 Å². The highest BCUT2D eigenvalue weighted by molar-refractivity contribution is 6.10. The van der Waals surface area contributed by atoms with Gasteiger partial charge in [-0.3, -0.25) is 0 Å². The average molecular weight is 329 g/mol. The predicted molar refractivity (Wildman–Crippen MR) is 88.9 cm³/mol. The summed E-state index contributed by atoms with van der Waals surface area (Å²) in [7, 11) is 4.22. The molecule has 1 heterocycles. The van der Waals surface area contributed by atoms with Crippen LogP contribution in [0.2, 0.25) is 0 Å². The summed E-state index contributed by atoms with van der Waals surface area (Å²) in [6.07, 6.45) is 4.74. The lowest BCUT2D eigenvalue weighted by Gasteiger charge is -2.29. The van der Waals surface area contributed by atoms with Crippen molar-refractivity contribution in [1.82, 2.24) is 4.90 Å². The second kappa shape index (κ2) is 7.04. The number of phenolic OH excluding ortho intramolecular Hbond substituents is 1. The quantitative estimate of drug-likeness (QED) is 0.677. The Morgan fingerprint density at radius 2 is 1.83 bits per heavy atom. The van der Waals surface area contributed by atoms with Crippen LogP contribution in [-0.2, 0) is 19.1 Å². The Morgan fingerprint density at radius 3 is 2.42 bits per heavy atom. The van der Waals surface area contributed by atoms with Gasteiger partial charge in [0.15, 0.2) is 0 Å². The molecule has 0 saturated carbocycles. The standard InChI is InChI=1S/C18H19NO5/c1-5-16-13-9-12(20)7-6-11(13)8-14(17(21)23-3)15(10-19(16)2)18(22)24-4/h5-10,16,20H,1H2,2-4H3. The molecule has 0 amide bonds. The Balaban J connectivity index is 2.78. The maximum absolute atomic E-state index is 12.2. The van der Waals surface area contributed by atoms with Gasteiger partial charge in [-0.2, -0.15) is 0 Å². The molecule has 0 aromatic heterocycles. The van der Waals surface area contributed by atoms with Gasteiger partial charge in [0.05, 0.1) is 31.4 Å². The summed E-state index contributed by atoms with van der Waals surface area (Å²) in [5, 5.41) is 9.79. The largest absolute Gasteiger partial charge is 0.508 e. The SMILES string of the molecule is C=CC1c2cc(O)ccc2C=C(C(=O)OC)C(C(=O)OC)=CN1C. The number of methoxy groups -OCH3 is 2. The van der Waals surface area contributed by atoms with Crippen LogP contribution >= 0.6 is 0 Å². The van der Waals surface area contributed by atoms with Crippen molar-refractivity contribution < 1.29 is 24.2 Å². The molecule has 0 fully saturated rings. The smallest absolute Gasteiger partial charge is 0.340 e. The van der Waals surface area contributed by atoms with E-state index in [-0.39, 0.29) is 22.9 Å². The fraction of sp³-hybridized carbons (Fsp3) is 0.222. The van der Waals surface area contributed by atoms with Crippen molar-refractivity contribution in [2.45, 2.75) is 6.04 Å². The van der Waals surface area contributed by atoms with Gasteiger partial charge in [0.25, 0.3) is 0 Å². The van der Waals surface area contributed by atoms with E-state index in [1.54, 1.807) is 36.2 Å². The fourth-order valence-corrected chi connectivity index (χ4v) is 2.60. The summed E-state index contributed by atoms with van der Waals surface area (Å²) in [6, 6.07) is 4.47. The highest BCUT2D eigenvalue weighted by atomic mass is 16.5. The zero-order valence-corrected chi connectivity index (χ0v) is 13.8. The Labute approximate surface area is 140 Å². The topological polar surface area (TPSA) is 76.1 Å². The number of aromatic hydroxyl groups is 1. The number of hydrogen-bond acceptors (Lipinski definition) is 6. The molecule has 1 aliphatic rings. The minimum Gasteiger partial charge on any atom is -0.508 e. The molecule has 126 valence electrons. The van der Waals surface area contributed by atoms with Gasteiger partial charge in [0.2, 0.25) is 0 Å². The molecule has 1 aliphatic heterocycles. The van der Waals surface area contributed by atoms with E-state index in [0.717, 1.165) is 5.56 Å². The van der Waals surface area contributed by atoms with E-state index in [2.05, 4.69) is 6.58 Å². The lowest BCUT2D eigenvalue weighted by Crippen LogP contribution is -2.24. The van der Waals surface area contributed by atoms with Crippen LogP contribution < -0.4 is 0 Å². The second-order valence-corrected chi connectivity index (χ2v) is 5.24. The zero-order valence-electron chi connectivity index (χ0n) is 13.8. The van der Waals surface area contributed by atoms with Gasteiger partial charge in [-0.1, -0.05) is 12.1 Å². The summed E-state index contributed by atoms with van der Waals surface area (Å²) in [5.74, 6) is -1.21. The third kappa shape index (κ3) is 3.17. The first-order valence-electron chi connectivity index (χ1n) is 7.20. The van der Waals surface area contributed by atoms with Crippen LogP contribution in [0, 0.1) is 0 Å². The zero-order chi connectivity index (χ0) is 17.9. The van der Waals surface area contributed by atoms with Crippen LogP contribution in [-0.4, -0.2) is 43.2 Å². The normalized spacial score (nSPS) is 16.8. The third-order valence-electron chi connectivity index (χ3n) is 3.78. The van der Waals surface area contributed by atoms with Gasteiger partial charge in [-0.05, 0) is 29.3 Å². The maximum Gasteiger partial charge on any atom is 0.340 e. The summed E-state index contributed by atoms with van der Waals surface area (Å²) >= 11 is 0.